The maximum Gasteiger partial charge on any atom is 0.157 e. The van der Waals surface area contributed by atoms with E-state index in [1.807, 2.05) is 23.5 Å². The highest BCUT2D eigenvalue weighted by Gasteiger charge is 2.25. The van der Waals surface area contributed by atoms with E-state index in [0.717, 1.165) is 0 Å². The largest absolute Gasteiger partial charge is 0.360 e. The van der Waals surface area contributed by atoms with Gasteiger partial charge in [-0.3, -0.25) is 4.99 Å². The fraction of sp³-hybridized carbons (Fsp3) is 0.909. The van der Waals surface area contributed by atoms with Gasteiger partial charge in [0, 0.05) is 17.0 Å². The van der Waals surface area contributed by atoms with E-state index >= 15 is 0 Å². The van der Waals surface area contributed by atoms with Crippen molar-refractivity contribution in [3.8, 4) is 0 Å². The van der Waals surface area contributed by atoms with Crippen molar-refractivity contribution < 1.29 is 0 Å². The van der Waals surface area contributed by atoms with E-state index in [0.29, 0.717) is 6.04 Å². The first-order chi connectivity index (χ1) is 7.16. The average molecular weight is 244 g/mol. The smallest absolute Gasteiger partial charge is 0.157 e. The Bertz CT molecular complexity index is 245. The molecule has 0 aromatic heterocycles. The first kappa shape index (κ1) is 11.6. The van der Waals surface area contributed by atoms with Crippen molar-refractivity contribution in [1.29, 1.82) is 0 Å². The van der Waals surface area contributed by atoms with Gasteiger partial charge in [-0.2, -0.15) is 11.8 Å². The van der Waals surface area contributed by atoms with Crippen molar-refractivity contribution in [3.63, 3.8) is 0 Å². The fourth-order valence-corrected chi connectivity index (χ4v) is 4.28. The quantitative estimate of drug-likeness (QED) is 0.767. The molecule has 2 saturated heterocycles. The van der Waals surface area contributed by atoms with Crippen LogP contribution in [-0.2, 0) is 0 Å². The van der Waals surface area contributed by atoms with Gasteiger partial charge < -0.3 is 5.32 Å². The summed E-state index contributed by atoms with van der Waals surface area (Å²) >= 11 is 3.94. The second-order valence-corrected chi connectivity index (χ2v) is 7.15. The SMILES string of the molecule is CC1(C)CCSC(=NC2CCCSC2)N1. The molecule has 0 aromatic rings. The highest BCUT2D eigenvalue weighted by atomic mass is 32.2. The summed E-state index contributed by atoms with van der Waals surface area (Å²) in [7, 11) is 0. The maximum absolute atomic E-state index is 4.84. The Morgan fingerprint density at radius 2 is 2.27 bits per heavy atom. The molecule has 2 aliphatic heterocycles. The van der Waals surface area contributed by atoms with E-state index in [2.05, 4.69) is 19.2 Å². The molecule has 0 aromatic carbocycles. The molecule has 0 aliphatic carbocycles. The fourth-order valence-electron chi connectivity index (χ4n) is 1.85. The molecule has 86 valence electrons. The molecular weight excluding hydrogens is 224 g/mol. The Morgan fingerprint density at radius 1 is 1.40 bits per heavy atom. The minimum atomic E-state index is 0.242. The second-order valence-electron chi connectivity index (χ2n) is 4.91. The molecule has 2 aliphatic rings. The van der Waals surface area contributed by atoms with Gasteiger partial charge >= 0.3 is 0 Å². The maximum atomic E-state index is 4.84. The van der Waals surface area contributed by atoms with Gasteiger partial charge in [0.05, 0.1) is 6.04 Å². The Balaban J connectivity index is 1.93. The predicted octanol–water partition coefficient (Wildman–Crippen LogP) is 2.74. The summed E-state index contributed by atoms with van der Waals surface area (Å²) in [5.41, 5.74) is 0.242. The van der Waals surface area contributed by atoms with Crippen LogP contribution in [0.2, 0.25) is 0 Å². The highest BCUT2D eigenvalue weighted by molar-refractivity contribution is 8.13. The Hall–Kier alpha value is 0.170. The zero-order chi connectivity index (χ0) is 10.7. The van der Waals surface area contributed by atoms with Crippen LogP contribution in [0.1, 0.15) is 33.1 Å². The standard InChI is InChI=1S/C11H20N2S2/c1-11(2)5-7-15-10(13-11)12-9-4-3-6-14-8-9/h9H,3-8H2,1-2H3,(H,12,13). The molecule has 0 bridgehead atoms. The summed E-state index contributed by atoms with van der Waals surface area (Å²) in [5.74, 6) is 3.75. The van der Waals surface area contributed by atoms with Gasteiger partial charge in [0.15, 0.2) is 5.17 Å². The van der Waals surface area contributed by atoms with Crippen molar-refractivity contribution in [2.24, 2.45) is 4.99 Å². The lowest BCUT2D eigenvalue weighted by molar-refractivity contribution is 0.445. The first-order valence-corrected chi connectivity index (χ1v) is 7.86. The number of aliphatic imine (C=N–C) groups is 1. The van der Waals surface area contributed by atoms with Crippen molar-refractivity contribution >= 4 is 28.7 Å². The van der Waals surface area contributed by atoms with Crippen LogP contribution >= 0.6 is 23.5 Å². The van der Waals surface area contributed by atoms with Crippen molar-refractivity contribution in [1.82, 2.24) is 5.32 Å². The lowest BCUT2D eigenvalue weighted by atomic mass is 10.0. The van der Waals surface area contributed by atoms with Gasteiger partial charge in [0.25, 0.3) is 0 Å². The lowest BCUT2D eigenvalue weighted by Crippen LogP contribution is -2.46. The average Bonchev–Trinajstić information content (AvgIpc) is 2.17. The number of nitrogens with zero attached hydrogens (tertiary/aromatic N) is 1. The Labute approximate surface area is 101 Å². The molecule has 0 spiro atoms. The molecule has 0 amide bonds. The summed E-state index contributed by atoms with van der Waals surface area (Å²) in [4.78, 5) is 4.84. The molecule has 2 fully saturated rings. The first-order valence-electron chi connectivity index (χ1n) is 5.72. The minimum Gasteiger partial charge on any atom is -0.360 e. The van der Waals surface area contributed by atoms with Crippen molar-refractivity contribution in [3.05, 3.63) is 0 Å². The van der Waals surface area contributed by atoms with Crippen LogP contribution in [0.4, 0.5) is 0 Å². The van der Waals surface area contributed by atoms with E-state index in [4.69, 9.17) is 4.99 Å². The monoisotopic (exact) mass is 244 g/mol. The van der Waals surface area contributed by atoms with Crippen LogP contribution in [0.25, 0.3) is 0 Å². The molecule has 4 heteroatoms. The number of hydrogen-bond donors (Lipinski definition) is 1. The Kier molecular flexibility index (Phi) is 3.88. The molecule has 1 unspecified atom stereocenters. The molecule has 2 heterocycles. The summed E-state index contributed by atoms with van der Waals surface area (Å²) in [6.45, 7) is 4.52. The summed E-state index contributed by atoms with van der Waals surface area (Å²) in [6.07, 6.45) is 3.84. The number of nitrogens with one attached hydrogen (secondary N) is 1. The molecule has 0 radical (unpaired) electrons. The van der Waals surface area contributed by atoms with Crippen LogP contribution in [0, 0.1) is 0 Å². The number of amidine groups is 1. The van der Waals surface area contributed by atoms with E-state index < -0.39 is 0 Å². The van der Waals surface area contributed by atoms with Crippen LogP contribution in [-0.4, -0.2) is 34.0 Å². The molecule has 0 saturated carbocycles. The van der Waals surface area contributed by atoms with Crippen LogP contribution < -0.4 is 5.32 Å². The van der Waals surface area contributed by atoms with E-state index in [-0.39, 0.29) is 5.54 Å². The molecule has 2 nitrogen and oxygen atoms in total. The van der Waals surface area contributed by atoms with Crippen LogP contribution in [0.5, 0.6) is 0 Å². The third kappa shape index (κ3) is 3.59. The molecule has 15 heavy (non-hydrogen) atoms. The van der Waals surface area contributed by atoms with Crippen molar-refractivity contribution in [2.75, 3.05) is 17.3 Å². The zero-order valence-electron chi connectivity index (χ0n) is 9.58. The van der Waals surface area contributed by atoms with Crippen molar-refractivity contribution in [2.45, 2.75) is 44.7 Å². The molecule has 1 N–H and O–H groups in total. The summed E-state index contributed by atoms with van der Waals surface area (Å²) in [5, 5.41) is 4.72. The van der Waals surface area contributed by atoms with Gasteiger partial charge in [-0.1, -0.05) is 11.8 Å². The molecule has 2 rings (SSSR count). The normalized spacial score (nSPS) is 33.7. The molecular formula is C11H20N2S2. The third-order valence-electron chi connectivity index (χ3n) is 2.85. The van der Waals surface area contributed by atoms with Gasteiger partial charge in [0.2, 0.25) is 0 Å². The molecule has 1 atom stereocenters. The lowest BCUT2D eigenvalue weighted by Gasteiger charge is -2.33. The zero-order valence-corrected chi connectivity index (χ0v) is 11.2. The van der Waals surface area contributed by atoms with Crippen LogP contribution in [0.3, 0.4) is 0 Å². The van der Waals surface area contributed by atoms with Gasteiger partial charge in [0.1, 0.15) is 0 Å². The topological polar surface area (TPSA) is 24.4 Å². The third-order valence-corrected chi connectivity index (χ3v) is 4.93. The highest BCUT2D eigenvalue weighted by Crippen LogP contribution is 2.25. The van der Waals surface area contributed by atoms with Gasteiger partial charge in [-0.25, -0.2) is 0 Å². The number of hydrogen-bond acceptors (Lipinski definition) is 3. The van der Waals surface area contributed by atoms with E-state index in [1.54, 1.807) is 0 Å². The van der Waals surface area contributed by atoms with E-state index in [1.165, 1.54) is 41.7 Å². The summed E-state index contributed by atoms with van der Waals surface area (Å²) < 4.78 is 0. The van der Waals surface area contributed by atoms with Gasteiger partial charge in [-0.15, -0.1) is 0 Å². The number of rotatable bonds is 1. The summed E-state index contributed by atoms with van der Waals surface area (Å²) in [6, 6.07) is 0.563. The number of thioether (sulfide) groups is 2. The predicted molar refractivity (Wildman–Crippen MR) is 72.1 cm³/mol. The van der Waals surface area contributed by atoms with Crippen LogP contribution in [0.15, 0.2) is 4.99 Å². The van der Waals surface area contributed by atoms with E-state index in [9.17, 15) is 0 Å². The Morgan fingerprint density at radius 3 is 2.93 bits per heavy atom. The second kappa shape index (κ2) is 5.00. The minimum absolute atomic E-state index is 0.242. The van der Waals surface area contributed by atoms with Gasteiger partial charge in [-0.05, 0) is 38.9 Å².